The minimum atomic E-state index is -3.16. The van der Waals surface area contributed by atoms with Crippen LogP contribution in [-0.2, 0) is 21.2 Å². The quantitative estimate of drug-likeness (QED) is 0.789. The Hall–Kier alpha value is -1.89. The first-order valence-electron chi connectivity index (χ1n) is 5.54. The van der Waals surface area contributed by atoms with Crippen molar-refractivity contribution >= 4 is 21.7 Å². The first kappa shape index (κ1) is 15.2. The minimum absolute atomic E-state index is 0.0997. The molecule has 0 unspecified atom stereocenters. The zero-order valence-corrected chi connectivity index (χ0v) is 11.2. The number of rotatable bonds is 6. The van der Waals surface area contributed by atoms with E-state index in [-0.39, 0.29) is 30.2 Å². The number of hydrogen-bond acceptors (Lipinski definition) is 4. The van der Waals surface area contributed by atoms with E-state index in [0.29, 0.717) is 5.56 Å². The molecule has 0 bridgehead atoms. The Balaban J connectivity index is 2.50. The van der Waals surface area contributed by atoms with Gasteiger partial charge in [-0.15, -0.1) is 0 Å². The number of carbonyl (C=O) groups is 2. The Bertz CT molecular complexity index is 580. The molecule has 0 atom stereocenters. The van der Waals surface area contributed by atoms with Gasteiger partial charge in [0.1, 0.15) is 9.84 Å². The lowest BCUT2D eigenvalue weighted by Crippen LogP contribution is -2.25. The summed E-state index contributed by atoms with van der Waals surface area (Å²) in [5.41, 5.74) is 0.787. The molecule has 2 N–H and O–H groups in total. The number of benzene rings is 1. The van der Waals surface area contributed by atoms with E-state index in [1.54, 1.807) is 12.1 Å². The fourth-order valence-corrected chi connectivity index (χ4v) is 1.94. The summed E-state index contributed by atoms with van der Waals surface area (Å²) < 4.78 is 21.8. The molecule has 19 heavy (non-hydrogen) atoms. The second-order valence-electron chi connectivity index (χ2n) is 4.16. The van der Waals surface area contributed by atoms with Gasteiger partial charge in [0.2, 0.25) is 5.91 Å². The van der Waals surface area contributed by atoms with Crippen molar-refractivity contribution in [2.24, 2.45) is 0 Å². The predicted octanol–water partition coefficient (Wildman–Crippen LogP) is 0.436. The summed E-state index contributed by atoms with van der Waals surface area (Å²) in [7, 11) is -3.16. The number of aromatic carboxylic acids is 1. The second kappa shape index (κ2) is 6.33. The van der Waals surface area contributed by atoms with Gasteiger partial charge in [0, 0.05) is 19.2 Å². The van der Waals surface area contributed by atoms with Crippen molar-refractivity contribution in [1.29, 1.82) is 0 Å². The predicted molar refractivity (Wildman–Crippen MR) is 69.6 cm³/mol. The number of carboxylic acids is 1. The lowest BCUT2D eigenvalue weighted by molar-refractivity contribution is -0.120. The summed E-state index contributed by atoms with van der Waals surface area (Å²) in [4.78, 5) is 22.1. The Labute approximate surface area is 111 Å². The van der Waals surface area contributed by atoms with E-state index in [4.69, 9.17) is 5.11 Å². The van der Waals surface area contributed by atoms with Gasteiger partial charge >= 0.3 is 5.97 Å². The normalized spacial score (nSPS) is 11.0. The molecule has 0 spiro atoms. The molecule has 0 aliphatic heterocycles. The summed E-state index contributed by atoms with van der Waals surface area (Å²) >= 11 is 0. The van der Waals surface area contributed by atoms with Crippen molar-refractivity contribution in [3.63, 3.8) is 0 Å². The molecule has 1 rings (SSSR count). The molecule has 0 fully saturated rings. The summed E-state index contributed by atoms with van der Waals surface area (Å²) in [6.07, 6.45) is 0.966. The highest BCUT2D eigenvalue weighted by atomic mass is 32.2. The van der Waals surface area contributed by atoms with Crippen molar-refractivity contribution in [2.45, 2.75) is 13.0 Å². The molecule has 1 amide bonds. The van der Waals surface area contributed by atoms with Crippen LogP contribution in [0.15, 0.2) is 24.3 Å². The van der Waals surface area contributed by atoms with Crippen LogP contribution in [-0.4, -0.2) is 37.4 Å². The van der Waals surface area contributed by atoms with E-state index >= 15 is 0 Å². The Morgan fingerprint density at radius 1 is 1.32 bits per heavy atom. The zero-order valence-electron chi connectivity index (χ0n) is 10.4. The lowest BCUT2D eigenvalue weighted by Gasteiger charge is -2.05. The van der Waals surface area contributed by atoms with Crippen LogP contribution < -0.4 is 5.32 Å². The maximum Gasteiger partial charge on any atom is 0.335 e. The van der Waals surface area contributed by atoms with Gasteiger partial charge in [-0.05, 0) is 17.7 Å². The molecule has 1 aromatic carbocycles. The Kier molecular flexibility index (Phi) is 5.05. The standard InChI is InChI=1S/C12H15NO5S/c1-19(17,18)6-5-11(14)13-8-9-3-2-4-10(7-9)12(15)16/h2-4,7H,5-6,8H2,1H3,(H,13,14)(H,15,16). The molecule has 0 saturated carbocycles. The van der Waals surface area contributed by atoms with Crippen LogP contribution in [0.5, 0.6) is 0 Å². The van der Waals surface area contributed by atoms with Crippen molar-refractivity contribution in [3.05, 3.63) is 35.4 Å². The van der Waals surface area contributed by atoms with E-state index in [1.165, 1.54) is 12.1 Å². The molecule has 0 aliphatic carbocycles. The average Bonchev–Trinajstić information content (AvgIpc) is 2.33. The largest absolute Gasteiger partial charge is 0.478 e. The van der Waals surface area contributed by atoms with Crippen molar-refractivity contribution in [2.75, 3.05) is 12.0 Å². The molecule has 7 heteroatoms. The monoisotopic (exact) mass is 285 g/mol. The number of carboxylic acid groups (broad SMARTS) is 1. The Morgan fingerprint density at radius 2 is 2.00 bits per heavy atom. The number of amides is 1. The van der Waals surface area contributed by atoms with Crippen LogP contribution in [0.3, 0.4) is 0 Å². The first-order valence-corrected chi connectivity index (χ1v) is 7.60. The van der Waals surface area contributed by atoms with Crippen molar-refractivity contribution < 1.29 is 23.1 Å². The van der Waals surface area contributed by atoms with Crippen LogP contribution >= 0.6 is 0 Å². The highest BCUT2D eigenvalue weighted by Crippen LogP contribution is 2.05. The third-order valence-corrected chi connectivity index (χ3v) is 3.31. The van der Waals surface area contributed by atoms with Gasteiger partial charge in [0.15, 0.2) is 0 Å². The van der Waals surface area contributed by atoms with Gasteiger partial charge < -0.3 is 10.4 Å². The van der Waals surface area contributed by atoms with Crippen LogP contribution in [0.25, 0.3) is 0 Å². The smallest absolute Gasteiger partial charge is 0.335 e. The SMILES string of the molecule is CS(=O)(=O)CCC(=O)NCc1cccc(C(=O)O)c1. The van der Waals surface area contributed by atoms with Crippen LogP contribution in [0, 0.1) is 0 Å². The number of nitrogens with one attached hydrogen (secondary N) is 1. The zero-order chi connectivity index (χ0) is 14.5. The molecule has 0 heterocycles. The highest BCUT2D eigenvalue weighted by molar-refractivity contribution is 7.90. The van der Waals surface area contributed by atoms with Gasteiger partial charge in [-0.25, -0.2) is 13.2 Å². The highest BCUT2D eigenvalue weighted by Gasteiger charge is 2.08. The van der Waals surface area contributed by atoms with Gasteiger partial charge in [-0.3, -0.25) is 4.79 Å². The van der Waals surface area contributed by atoms with E-state index in [9.17, 15) is 18.0 Å². The lowest BCUT2D eigenvalue weighted by atomic mass is 10.1. The molecule has 0 saturated heterocycles. The summed E-state index contributed by atoms with van der Waals surface area (Å²) in [6.45, 7) is 0.170. The van der Waals surface area contributed by atoms with Gasteiger partial charge in [-0.2, -0.15) is 0 Å². The molecular formula is C12H15NO5S. The number of sulfone groups is 1. The van der Waals surface area contributed by atoms with Crippen LogP contribution in [0.4, 0.5) is 0 Å². The fraction of sp³-hybridized carbons (Fsp3) is 0.333. The van der Waals surface area contributed by atoms with E-state index in [1.807, 2.05) is 0 Å². The first-order chi connectivity index (χ1) is 8.78. The topological polar surface area (TPSA) is 101 Å². The maximum atomic E-state index is 11.4. The van der Waals surface area contributed by atoms with Crippen molar-refractivity contribution in [3.8, 4) is 0 Å². The molecule has 104 valence electrons. The second-order valence-corrected chi connectivity index (χ2v) is 6.42. The maximum absolute atomic E-state index is 11.4. The number of carbonyl (C=O) groups excluding carboxylic acids is 1. The molecule has 0 aliphatic rings. The molecule has 6 nitrogen and oxygen atoms in total. The van der Waals surface area contributed by atoms with Gasteiger partial charge in [0.25, 0.3) is 0 Å². The van der Waals surface area contributed by atoms with Crippen LogP contribution in [0.1, 0.15) is 22.3 Å². The number of hydrogen-bond donors (Lipinski definition) is 2. The summed E-state index contributed by atoms with van der Waals surface area (Å²) in [5, 5.41) is 11.3. The van der Waals surface area contributed by atoms with Crippen LogP contribution in [0.2, 0.25) is 0 Å². The molecular weight excluding hydrogens is 270 g/mol. The van der Waals surface area contributed by atoms with E-state index in [0.717, 1.165) is 6.26 Å². The van der Waals surface area contributed by atoms with Gasteiger partial charge in [0.05, 0.1) is 11.3 Å². The molecule has 0 aromatic heterocycles. The summed E-state index contributed by atoms with van der Waals surface area (Å²) in [6, 6.07) is 6.18. The Morgan fingerprint density at radius 3 is 2.58 bits per heavy atom. The van der Waals surface area contributed by atoms with E-state index in [2.05, 4.69) is 5.32 Å². The average molecular weight is 285 g/mol. The third kappa shape index (κ3) is 6.01. The van der Waals surface area contributed by atoms with Gasteiger partial charge in [-0.1, -0.05) is 12.1 Å². The summed E-state index contributed by atoms with van der Waals surface area (Å²) in [5.74, 6) is -1.62. The van der Waals surface area contributed by atoms with Crippen molar-refractivity contribution in [1.82, 2.24) is 5.32 Å². The third-order valence-electron chi connectivity index (χ3n) is 2.36. The van der Waals surface area contributed by atoms with E-state index < -0.39 is 15.8 Å². The minimum Gasteiger partial charge on any atom is -0.478 e. The molecule has 1 aromatic rings. The molecule has 0 radical (unpaired) electrons. The fourth-order valence-electron chi connectivity index (χ4n) is 1.38.